The monoisotopic (exact) mass is 438 g/mol. The highest BCUT2D eigenvalue weighted by atomic mass is 16.5. The van der Waals surface area contributed by atoms with Gasteiger partial charge in [-0.1, -0.05) is 18.2 Å². The SMILES string of the molecule is COc1ccc(CC(=O)CCc2cccc(NC(=O)CCC3CCCNC3)c2)cc1OC. The largest absolute Gasteiger partial charge is 0.493 e. The number of carbonyl (C=O) groups excluding carboxylic acids is 2. The van der Waals surface area contributed by atoms with Crippen LogP contribution in [0.15, 0.2) is 42.5 Å². The zero-order valence-electron chi connectivity index (χ0n) is 19.1. The molecule has 2 N–H and O–H groups in total. The Hall–Kier alpha value is -2.86. The molecule has 1 aliphatic rings. The minimum Gasteiger partial charge on any atom is -0.493 e. The topological polar surface area (TPSA) is 76.7 Å². The fourth-order valence-electron chi connectivity index (χ4n) is 4.12. The van der Waals surface area contributed by atoms with Crippen LogP contribution in [0.25, 0.3) is 0 Å². The van der Waals surface area contributed by atoms with Gasteiger partial charge in [0.05, 0.1) is 14.2 Å². The van der Waals surface area contributed by atoms with Gasteiger partial charge in [-0.25, -0.2) is 0 Å². The van der Waals surface area contributed by atoms with E-state index in [2.05, 4.69) is 10.6 Å². The molecule has 0 aliphatic carbocycles. The summed E-state index contributed by atoms with van der Waals surface area (Å²) in [6.07, 6.45) is 5.30. The number of benzene rings is 2. The van der Waals surface area contributed by atoms with E-state index in [0.717, 1.165) is 36.3 Å². The van der Waals surface area contributed by atoms with E-state index in [1.54, 1.807) is 14.2 Å². The number of ether oxygens (including phenoxy) is 2. The van der Waals surface area contributed by atoms with Gasteiger partial charge in [0.25, 0.3) is 0 Å². The lowest BCUT2D eigenvalue weighted by atomic mass is 9.94. The van der Waals surface area contributed by atoms with Crippen LogP contribution in [0.2, 0.25) is 0 Å². The van der Waals surface area contributed by atoms with Gasteiger partial charge in [-0.3, -0.25) is 9.59 Å². The van der Waals surface area contributed by atoms with Gasteiger partial charge in [0, 0.05) is 24.9 Å². The number of piperidine rings is 1. The number of carbonyl (C=O) groups is 2. The highest BCUT2D eigenvalue weighted by molar-refractivity contribution is 5.90. The second-order valence-electron chi connectivity index (χ2n) is 8.40. The molecule has 0 radical (unpaired) electrons. The normalized spacial score (nSPS) is 15.8. The molecule has 2 aromatic rings. The molecule has 1 saturated heterocycles. The van der Waals surface area contributed by atoms with Gasteiger partial charge in [0.2, 0.25) is 5.91 Å². The van der Waals surface area contributed by atoms with Crippen LogP contribution in [0.1, 0.15) is 43.2 Å². The lowest BCUT2D eigenvalue weighted by Gasteiger charge is -2.22. The number of amides is 1. The van der Waals surface area contributed by atoms with Crippen LogP contribution in [0, 0.1) is 5.92 Å². The minimum atomic E-state index is 0.0530. The summed E-state index contributed by atoms with van der Waals surface area (Å²) in [5.74, 6) is 2.08. The minimum absolute atomic E-state index is 0.0530. The van der Waals surface area contributed by atoms with E-state index in [0.29, 0.717) is 43.1 Å². The Labute approximate surface area is 190 Å². The molecule has 3 rings (SSSR count). The summed E-state index contributed by atoms with van der Waals surface area (Å²) in [7, 11) is 3.18. The van der Waals surface area contributed by atoms with Crippen molar-refractivity contribution in [3.8, 4) is 11.5 Å². The molecule has 172 valence electrons. The number of hydrogen-bond acceptors (Lipinski definition) is 5. The molecule has 1 fully saturated rings. The average Bonchev–Trinajstić information content (AvgIpc) is 2.82. The average molecular weight is 439 g/mol. The Morgan fingerprint density at radius 1 is 1.03 bits per heavy atom. The van der Waals surface area contributed by atoms with Crippen molar-refractivity contribution in [3.63, 3.8) is 0 Å². The molecule has 6 heteroatoms. The molecule has 1 atom stereocenters. The van der Waals surface area contributed by atoms with Crippen LogP contribution in [0.4, 0.5) is 5.69 Å². The number of aryl methyl sites for hydroxylation is 1. The molecule has 0 bridgehead atoms. The molecular weight excluding hydrogens is 404 g/mol. The fourth-order valence-corrected chi connectivity index (χ4v) is 4.12. The van der Waals surface area contributed by atoms with Crippen LogP contribution >= 0.6 is 0 Å². The van der Waals surface area contributed by atoms with E-state index in [1.165, 1.54) is 12.8 Å². The fraction of sp³-hybridized carbons (Fsp3) is 0.462. The molecule has 1 heterocycles. The maximum Gasteiger partial charge on any atom is 0.224 e. The van der Waals surface area contributed by atoms with Crippen molar-refractivity contribution in [2.45, 2.75) is 44.9 Å². The number of rotatable bonds is 11. The van der Waals surface area contributed by atoms with Gasteiger partial charge in [-0.05, 0) is 80.1 Å². The van der Waals surface area contributed by atoms with Gasteiger partial charge in [-0.15, -0.1) is 0 Å². The second-order valence-corrected chi connectivity index (χ2v) is 8.40. The van der Waals surface area contributed by atoms with Crippen LogP contribution in [-0.4, -0.2) is 39.0 Å². The number of ketones is 1. The molecule has 32 heavy (non-hydrogen) atoms. The predicted octanol–water partition coefficient (Wildman–Crippen LogP) is 4.17. The second kappa shape index (κ2) is 12.2. The summed E-state index contributed by atoms with van der Waals surface area (Å²) in [6, 6.07) is 13.3. The number of nitrogens with one attached hydrogen (secondary N) is 2. The lowest BCUT2D eigenvalue weighted by Crippen LogP contribution is -2.30. The number of anilines is 1. The molecule has 0 saturated carbocycles. The van der Waals surface area contributed by atoms with E-state index < -0.39 is 0 Å². The highest BCUT2D eigenvalue weighted by Crippen LogP contribution is 2.28. The summed E-state index contributed by atoms with van der Waals surface area (Å²) in [4.78, 5) is 24.8. The van der Waals surface area contributed by atoms with Gasteiger partial charge >= 0.3 is 0 Å². The van der Waals surface area contributed by atoms with Gasteiger partial charge < -0.3 is 20.1 Å². The highest BCUT2D eigenvalue weighted by Gasteiger charge is 2.15. The molecule has 1 amide bonds. The standard InChI is InChI=1S/C26H34N2O4/c1-31-24-12-9-21(17-25(24)32-2)16-23(29)11-8-19-5-3-7-22(15-19)28-26(30)13-10-20-6-4-14-27-18-20/h3,5,7,9,12,15,17,20,27H,4,6,8,10-11,13-14,16,18H2,1-2H3,(H,28,30). The maximum atomic E-state index is 12.5. The van der Waals surface area contributed by atoms with Crippen molar-refractivity contribution >= 4 is 17.4 Å². The van der Waals surface area contributed by atoms with Crippen molar-refractivity contribution < 1.29 is 19.1 Å². The van der Waals surface area contributed by atoms with Crippen LogP contribution in [-0.2, 0) is 22.4 Å². The van der Waals surface area contributed by atoms with E-state index >= 15 is 0 Å². The van der Waals surface area contributed by atoms with Crippen LogP contribution < -0.4 is 20.1 Å². The molecule has 2 aromatic carbocycles. The molecular formula is C26H34N2O4. The number of Topliss-reactive ketones (excluding diaryl/α,β-unsaturated/α-hetero) is 1. The number of hydrogen-bond donors (Lipinski definition) is 2. The van der Waals surface area contributed by atoms with Gasteiger partial charge in [-0.2, -0.15) is 0 Å². The zero-order chi connectivity index (χ0) is 22.8. The van der Waals surface area contributed by atoms with E-state index in [1.807, 2.05) is 42.5 Å². The maximum absolute atomic E-state index is 12.5. The Kier molecular flexibility index (Phi) is 9.11. The van der Waals surface area contributed by atoms with Crippen molar-refractivity contribution in [1.82, 2.24) is 5.32 Å². The van der Waals surface area contributed by atoms with E-state index in [-0.39, 0.29) is 11.7 Å². The Bertz CT molecular complexity index is 906. The summed E-state index contributed by atoms with van der Waals surface area (Å²) in [5, 5.41) is 6.40. The molecule has 0 spiro atoms. The van der Waals surface area contributed by atoms with Crippen molar-refractivity contribution in [3.05, 3.63) is 53.6 Å². The first-order valence-electron chi connectivity index (χ1n) is 11.4. The lowest BCUT2D eigenvalue weighted by molar-refractivity contribution is -0.118. The van der Waals surface area contributed by atoms with Crippen molar-refractivity contribution in [2.24, 2.45) is 5.92 Å². The van der Waals surface area contributed by atoms with E-state index in [9.17, 15) is 9.59 Å². The molecule has 1 aliphatic heterocycles. The van der Waals surface area contributed by atoms with Crippen molar-refractivity contribution in [2.75, 3.05) is 32.6 Å². The van der Waals surface area contributed by atoms with Crippen LogP contribution in [0.3, 0.4) is 0 Å². The van der Waals surface area contributed by atoms with E-state index in [4.69, 9.17) is 9.47 Å². The first-order chi connectivity index (χ1) is 15.6. The van der Waals surface area contributed by atoms with Gasteiger partial charge in [0.1, 0.15) is 5.78 Å². The Morgan fingerprint density at radius 3 is 2.62 bits per heavy atom. The van der Waals surface area contributed by atoms with Crippen molar-refractivity contribution in [1.29, 1.82) is 0 Å². The molecule has 6 nitrogen and oxygen atoms in total. The smallest absolute Gasteiger partial charge is 0.224 e. The summed E-state index contributed by atoms with van der Waals surface area (Å²) >= 11 is 0. The Balaban J connectivity index is 1.45. The first kappa shape index (κ1) is 23.8. The zero-order valence-corrected chi connectivity index (χ0v) is 19.1. The first-order valence-corrected chi connectivity index (χ1v) is 11.4. The van der Waals surface area contributed by atoms with Crippen LogP contribution in [0.5, 0.6) is 11.5 Å². The van der Waals surface area contributed by atoms with Gasteiger partial charge in [0.15, 0.2) is 11.5 Å². The third-order valence-corrected chi connectivity index (χ3v) is 5.93. The third kappa shape index (κ3) is 7.38. The molecule has 0 aromatic heterocycles. The number of methoxy groups -OCH3 is 2. The molecule has 1 unspecified atom stereocenters. The summed E-state index contributed by atoms with van der Waals surface area (Å²) < 4.78 is 10.6. The summed E-state index contributed by atoms with van der Waals surface area (Å²) in [6.45, 7) is 2.10. The Morgan fingerprint density at radius 2 is 1.88 bits per heavy atom. The predicted molar refractivity (Wildman–Crippen MR) is 126 cm³/mol. The quantitative estimate of drug-likeness (QED) is 0.551. The third-order valence-electron chi connectivity index (χ3n) is 5.93. The summed E-state index contributed by atoms with van der Waals surface area (Å²) in [5.41, 5.74) is 2.74.